The smallest absolute Gasteiger partial charge is 0.337 e. The number of hydrogen-bond donors (Lipinski definition) is 0. The molecule has 0 saturated carbocycles. The molecule has 0 atom stereocenters. The van der Waals surface area contributed by atoms with Crippen molar-refractivity contribution in [3.05, 3.63) is 83.3 Å². The number of anilines is 1. The topological polar surface area (TPSA) is 72.6 Å². The molecule has 0 fully saturated rings. The van der Waals surface area contributed by atoms with Crippen molar-refractivity contribution in [2.75, 3.05) is 12.0 Å². The zero-order valence-corrected chi connectivity index (χ0v) is 17.4. The molecular weight excluding hydrogens is 400 g/mol. The average Bonchev–Trinajstić information content (AvgIpc) is 3.45. The molecule has 0 aliphatic rings. The molecule has 4 rings (SSSR count). The zero-order chi connectivity index (χ0) is 21.1. The standard InChI is InChI=1S/C23H20N2O4S/c1-3-15-6-11-19-20(13-15)30-23(24-19)25(14-18-5-4-12-29-18)21(26)16-7-9-17(10-8-16)22(27)28-2/h4-13H,3,14H2,1-2H3. The van der Waals surface area contributed by atoms with Gasteiger partial charge in [-0.25, -0.2) is 9.78 Å². The number of thiazole rings is 1. The molecule has 2 aromatic heterocycles. The van der Waals surface area contributed by atoms with Gasteiger partial charge < -0.3 is 9.15 Å². The third kappa shape index (κ3) is 3.97. The van der Waals surface area contributed by atoms with Crippen LogP contribution in [-0.2, 0) is 17.7 Å². The lowest BCUT2D eigenvalue weighted by molar-refractivity contribution is 0.0600. The van der Waals surface area contributed by atoms with Crippen LogP contribution in [0.1, 0.15) is 39.0 Å². The molecule has 0 radical (unpaired) electrons. The van der Waals surface area contributed by atoms with Crippen LogP contribution in [0, 0.1) is 0 Å². The molecular formula is C23H20N2O4S. The van der Waals surface area contributed by atoms with E-state index < -0.39 is 5.97 Å². The van der Waals surface area contributed by atoms with Gasteiger partial charge in [0.2, 0.25) is 0 Å². The van der Waals surface area contributed by atoms with Crippen LogP contribution in [0.5, 0.6) is 0 Å². The van der Waals surface area contributed by atoms with E-state index in [4.69, 9.17) is 9.15 Å². The van der Waals surface area contributed by atoms with Gasteiger partial charge in [-0.3, -0.25) is 9.69 Å². The van der Waals surface area contributed by atoms with Gasteiger partial charge in [-0.05, 0) is 60.5 Å². The number of esters is 1. The lowest BCUT2D eigenvalue weighted by Gasteiger charge is -2.19. The fraction of sp³-hybridized carbons (Fsp3) is 0.174. The van der Waals surface area contributed by atoms with Gasteiger partial charge in [0.05, 0.1) is 35.7 Å². The number of carbonyl (C=O) groups is 2. The van der Waals surface area contributed by atoms with E-state index >= 15 is 0 Å². The van der Waals surface area contributed by atoms with Crippen molar-refractivity contribution in [2.24, 2.45) is 0 Å². The summed E-state index contributed by atoms with van der Waals surface area (Å²) >= 11 is 1.47. The van der Waals surface area contributed by atoms with E-state index in [2.05, 4.69) is 24.0 Å². The monoisotopic (exact) mass is 420 g/mol. The molecule has 30 heavy (non-hydrogen) atoms. The van der Waals surface area contributed by atoms with Crippen LogP contribution in [0.3, 0.4) is 0 Å². The fourth-order valence-electron chi connectivity index (χ4n) is 3.10. The van der Waals surface area contributed by atoms with Crippen molar-refractivity contribution in [2.45, 2.75) is 19.9 Å². The molecule has 6 nitrogen and oxygen atoms in total. The van der Waals surface area contributed by atoms with Gasteiger partial charge in [0.15, 0.2) is 5.13 Å². The summed E-state index contributed by atoms with van der Waals surface area (Å²) in [7, 11) is 1.32. The molecule has 0 saturated heterocycles. The maximum Gasteiger partial charge on any atom is 0.337 e. The molecule has 152 valence electrons. The third-order valence-corrected chi connectivity index (χ3v) is 5.81. The van der Waals surface area contributed by atoms with Gasteiger partial charge in [-0.2, -0.15) is 0 Å². The second-order valence-corrected chi connectivity index (χ2v) is 7.70. The van der Waals surface area contributed by atoms with Crippen LogP contribution in [0.2, 0.25) is 0 Å². The van der Waals surface area contributed by atoms with E-state index in [1.165, 1.54) is 24.0 Å². The van der Waals surface area contributed by atoms with E-state index in [-0.39, 0.29) is 12.5 Å². The number of ether oxygens (including phenoxy) is 1. The number of fused-ring (bicyclic) bond motifs is 1. The first kappa shape index (κ1) is 19.8. The maximum absolute atomic E-state index is 13.4. The minimum atomic E-state index is -0.445. The summed E-state index contributed by atoms with van der Waals surface area (Å²) in [6, 6.07) is 16.1. The van der Waals surface area contributed by atoms with Crippen LogP contribution in [-0.4, -0.2) is 24.0 Å². The Hall–Kier alpha value is -3.45. The highest BCUT2D eigenvalue weighted by Crippen LogP contribution is 2.31. The predicted octanol–water partition coefficient (Wildman–Crippen LogP) is 5.09. The maximum atomic E-state index is 13.4. The Labute approximate surface area is 177 Å². The molecule has 0 N–H and O–H groups in total. The lowest BCUT2D eigenvalue weighted by atomic mass is 10.1. The largest absolute Gasteiger partial charge is 0.467 e. The lowest BCUT2D eigenvalue weighted by Crippen LogP contribution is -2.30. The van der Waals surface area contributed by atoms with Crippen molar-refractivity contribution in [3.63, 3.8) is 0 Å². The summed E-state index contributed by atoms with van der Waals surface area (Å²) in [6.45, 7) is 2.36. The Balaban J connectivity index is 1.71. The summed E-state index contributed by atoms with van der Waals surface area (Å²) < 4.78 is 11.2. The van der Waals surface area contributed by atoms with E-state index in [1.807, 2.05) is 12.1 Å². The summed E-state index contributed by atoms with van der Waals surface area (Å²) in [5, 5.41) is 0.594. The van der Waals surface area contributed by atoms with Gasteiger partial charge >= 0.3 is 5.97 Å². The molecule has 2 heterocycles. The molecule has 2 aromatic carbocycles. The molecule has 7 heteroatoms. The quantitative estimate of drug-likeness (QED) is 0.407. The molecule has 0 spiro atoms. The van der Waals surface area contributed by atoms with Gasteiger partial charge in [-0.1, -0.05) is 24.3 Å². The van der Waals surface area contributed by atoms with E-state index in [0.717, 1.165) is 16.6 Å². The van der Waals surface area contributed by atoms with Crippen LogP contribution in [0.25, 0.3) is 10.2 Å². The zero-order valence-electron chi connectivity index (χ0n) is 16.6. The van der Waals surface area contributed by atoms with Crippen LogP contribution < -0.4 is 4.90 Å². The Morgan fingerprint density at radius 3 is 2.53 bits per heavy atom. The number of benzene rings is 2. The van der Waals surface area contributed by atoms with E-state index in [1.54, 1.807) is 41.5 Å². The highest BCUT2D eigenvalue weighted by atomic mass is 32.1. The van der Waals surface area contributed by atoms with Gasteiger partial charge in [0, 0.05) is 5.56 Å². The number of furan rings is 1. The molecule has 1 amide bonds. The van der Waals surface area contributed by atoms with Crippen LogP contribution in [0.15, 0.2) is 65.3 Å². The van der Waals surface area contributed by atoms with Gasteiger partial charge in [0.25, 0.3) is 5.91 Å². The van der Waals surface area contributed by atoms with Gasteiger partial charge in [0.1, 0.15) is 5.76 Å². The summed E-state index contributed by atoms with van der Waals surface area (Å²) in [5.41, 5.74) is 2.91. The number of carbonyl (C=O) groups excluding carboxylic acids is 2. The van der Waals surface area contributed by atoms with Crippen LogP contribution in [0.4, 0.5) is 5.13 Å². The Morgan fingerprint density at radius 1 is 1.10 bits per heavy atom. The van der Waals surface area contributed by atoms with Gasteiger partial charge in [-0.15, -0.1) is 0 Å². The number of aromatic nitrogens is 1. The molecule has 0 aliphatic carbocycles. The minimum Gasteiger partial charge on any atom is -0.467 e. The second-order valence-electron chi connectivity index (χ2n) is 6.69. The van der Waals surface area contributed by atoms with Crippen LogP contribution >= 0.6 is 11.3 Å². The predicted molar refractivity (Wildman–Crippen MR) is 116 cm³/mol. The van der Waals surface area contributed by atoms with Crippen molar-refractivity contribution in [1.82, 2.24) is 4.98 Å². The fourth-order valence-corrected chi connectivity index (χ4v) is 4.13. The molecule has 0 bridgehead atoms. The third-order valence-electron chi connectivity index (χ3n) is 4.77. The number of methoxy groups -OCH3 is 1. The number of hydrogen-bond acceptors (Lipinski definition) is 6. The van der Waals surface area contributed by atoms with Crippen molar-refractivity contribution >= 4 is 38.6 Å². The van der Waals surface area contributed by atoms with E-state index in [9.17, 15) is 9.59 Å². The highest BCUT2D eigenvalue weighted by molar-refractivity contribution is 7.22. The van der Waals surface area contributed by atoms with Crippen molar-refractivity contribution < 1.29 is 18.7 Å². The summed E-state index contributed by atoms with van der Waals surface area (Å²) in [6.07, 6.45) is 2.51. The molecule has 0 unspecified atom stereocenters. The average molecular weight is 420 g/mol. The SMILES string of the molecule is CCc1ccc2nc(N(Cc3ccco3)C(=O)c3ccc(C(=O)OC)cc3)sc2c1. The Kier molecular flexibility index (Phi) is 5.63. The Bertz CT molecular complexity index is 1180. The highest BCUT2D eigenvalue weighted by Gasteiger charge is 2.23. The Morgan fingerprint density at radius 2 is 1.87 bits per heavy atom. The number of nitrogens with zero attached hydrogens (tertiary/aromatic N) is 2. The number of aryl methyl sites for hydroxylation is 1. The number of rotatable bonds is 6. The first-order valence-corrected chi connectivity index (χ1v) is 10.3. The minimum absolute atomic E-state index is 0.224. The summed E-state index contributed by atoms with van der Waals surface area (Å²) in [4.78, 5) is 31.3. The number of amides is 1. The van der Waals surface area contributed by atoms with Crippen molar-refractivity contribution in [1.29, 1.82) is 0 Å². The normalized spacial score (nSPS) is 10.9. The second kappa shape index (κ2) is 8.51. The summed E-state index contributed by atoms with van der Waals surface area (Å²) in [5.74, 6) is -0.0139. The van der Waals surface area contributed by atoms with Crippen molar-refractivity contribution in [3.8, 4) is 0 Å². The molecule has 0 aliphatic heterocycles. The van der Waals surface area contributed by atoms with E-state index in [0.29, 0.717) is 22.0 Å². The molecule has 4 aromatic rings. The first-order valence-electron chi connectivity index (χ1n) is 9.51. The first-order chi connectivity index (χ1) is 14.6.